The molecule has 0 unspecified atom stereocenters. The fraction of sp³-hybridized carbons (Fsp3) is 0.783. The molecule has 0 heterocycles. The summed E-state index contributed by atoms with van der Waals surface area (Å²) < 4.78 is 0. The molecular weight excluding hydrogens is 382 g/mol. The lowest BCUT2D eigenvalue weighted by molar-refractivity contribution is -0.137. The van der Waals surface area contributed by atoms with Crippen LogP contribution < -0.4 is 5.32 Å². The fourth-order valence-corrected chi connectivity index (χ4v) is 3.09. The maximum Gasteiger partial charge on any atom is 0.322 e. The highest BCUT2D eigenvalue weighted by molar-refractivity contribution is 5.80. The maximum atomic E-state index is 12.2. The first kappa shape index (κ1) is 27.9. The van der Waals surface area contributed by atoms with E-state index >= 15 is 0 Å². The molecular formula is C23H43N3O4. The van der Waals surface area contributed by atoms with E-state index in [1.165, 1.54) is 12.8 Å². The number of rotatable bonds is 18. The summed E-state index contributed by atoms with van der Waals surface area (Å²) in [5.74, 6) is -1.20. The third-order valence-electron chi connectivity index (χ3n) is 4.99. The monoisotopic (exact) mass is 425 g/mol. The van der Waals surface area contributed by atoms with Crippen LogP contribution >= 0.6 is 0 Å². The highest BCUT2D eigenvalue weighted by Gasteiger charge is 2.12. The first-order valence-corrected chi connectivity index (χ1v) is 11.5. The Labute approximate surface area is 182 Å². The average Bonchev–Trinajstić information content (AvgIpc) is 2.72. The minimum absolute atomic E-state index is 0.112. The largest absolute Gasteiger partial charge is 0.480 e. The van der Waals surface area contributed by atoms with E-state index in [9.17, 15) is 14.4 Å². The van der Waals surface area contributed by atoms with Crippen LogP contribution in [0.2, 0.25) is 0 Å². The van der Waals surface area contributed by atoms with E-state index in [0.717, 1.165) is 70.9 Å². The lowest BCUT2D eigenvalue weighted by atomic mass is 10.1. The third kappa shape index (κ3) is 16.9. The highest BCUT2D eigenvalue weighted by Crippen LogP contribution is 2.07. The number of carbonyl (C=O) groups excluding carboxylic acids is 2. The molecule has 0 bridgehead atoms. The quantitative estimate of drug-likeness (QED) is 0.251. The molecule has 0 spiro atoms. The standard InChI is InChI=1S/C23H43N3O4/c1-4-5-15-18-25(2)23(30)26(3)19-16-13-11-9-7-6-8-10-12-14-17-21(27)24-20-22(28)29/h7,9H,4-6,8,10-20H2,1-3H3,(H,24,27)(H,28,29)/b9-7-. The van der Waals surface area contributed by atoms with Crippen LogP contribution in [0.4, 0.5) is 4.79 Å². The van der Waals surface area contributed by atoms with Crippen molar-refractivity contribution in [1.29, 1.82) is 0 Å². The van der Waals surface area contributed by atoms with Gasteiger partial charge in [0.2, 0.25) is 5.91 Å². The van der Waals surface area contributed by atoms with E-state index in [0.29, 0.717) is 6.42 Å². The minimum Gasteiger partial charge on any atom is -0.480 e. The number of nitrogens with one attached hydrogen (secondary N) is 1. The van der Waals surface area contributed by atoms with Gasteiger partial charge in [0.05, 0.1) is 0 Å². The number of carboxylic acids is 1. The topological polar surface area (TPSA) is 90.0 Å². The van der Waals surface area contributed by atoms with Crippen LogP contribution in [0.3, 0.4) is 0 Å². The number of amides is 3. The molecule has 0 saturated carbocycles. The van der Waals surface area contributed by atoms with Gasteiger partial charge in [-0.2, -0.15) is 0 Å². The Hall–Kier alpha value is -2.05. The first-order chi connectivity index (χ1) is 14.4. The molecule has 0 fully saturated rings. The van der Waals surface area contributed by atoms with Crippen LogP contribution in [0.25, 0.3) is 0 Å². The molecule has 7 heteroatoms. The predicted octanol–water partition coefficient (Wildman–Crippen LogP) is 4.43. The SMILES string of the molecule is CCCCCN(C)C(=O)N(C)CCCC/C=C\CCCCCCC(=O)NCC(=O)O. The Morgan fingerprint density at radius 3 is 1.90 bits per heavy atom. The summed E-state index contributed by atoms with van der Waals surface area (Å²) in [6, 6.07) is 0.112. The van der Waals surface area contributed by atoms with Gasteiger partial charge in [0, 0.05) is 33.6 Å². The lowest BCUT2D eigenvalue weighted by Crippen LogP contribution is -2.39. The molecule has 0 aromatic carbocycles. The summed E-state index contributed by atoms with van der Waals surface area (Å²) in [7, 11) is 3.76. The Morgan fingerprint density at radius 1 is 0.800 bits per heavy atom. The molecule has 0 aliphatic carbocycles. The van der Waals surface area contributed by atoms with Gasteiger partial charge in [0.15, 0.2) is 0 Å². The van der Waals surface area contributed by atoms with Crippen LogP contribution in [0.5, 0.6) is 0 Å². The van der Waals surface area contributed by atoms with Crippen molar-refractivity contribution in [2.45, 2.75) is 84.0 Å². The van der Waals surface area contributed by atoms with E-state index in [4.69, 9.17) is 5.11 Å². The van der Waals surface area contributed by atoms with Gasteiger partial charge >= 0.3 is 12.0 Å². The van der Waals surface area contributed by atoms with E-state index in [2.05, 4.69) is 24.4 Å². The highest BCUT2D eigenvalue weighted by atomic mass is 16.4. The number of nitrogens with zero attached hydrogens (tertiary/aromatic N) is 2. The van der Waals surface area contributed by atoms with Crippen LogP contribution in [-0.4, -0.2) is 66.5 Å². The summed E-state index contributed by atoms with van der Waals surface area (Å²) in [5, 5.41) is 10.9. The maximum absolute atomic E-state index is 12.2. The van der Waals surface area contributed by atoms with Crippen molar-refractivity contribution >= 4 is 17.9 Å². The fourth-order valence-electron chi connectivity index (χ4n) is 3.09. The van der Waals surface area contributed by atoms with Crippen molar-refractivity contribution in [2.75, 3.05) is 33.7 Å². The van der Waals surface area contributed by atoms with Crippen molar-refractivity contribution in [3.8, 4) is 0 Å². The van der Waals surface area contributed by atoms with E-state index < -0.39 is 5.97 Å². The van der Waals surface area contributed by atoms with Gasteiger partial charge in [-0.1, -0.05) is 44.8 Å². The van der Waals surface area contributed by atoms with Crippen molar-refractivity contribution in [1.82, 2.24) is 15.1 Å². The molecule has 2 N–H and O–H groups in total. The zero-order valence-corrected chi connectivity index (χ0v) is 19.3. The zero-order chi connectivity index (χ0) is 22.6. The zero-order valence-electron chi connectivity index (χ0n) is 19.3. The Morgan fingerprint density at radius 2 is 1.33 bits per heavy atom. The normalized spacial score (nSPS) is 10.9. The molecule has 0 atom stereocenters. The van der Waals surface area contributed by atoms with Crippen molar-refractivity contribution in [3.05, 3.63) is 12.2 Å². The smallest absolute Gasteiger partial charge is 0.322 e. The number of unbranched alkanes of at least 4 members (excludes halogenated alkanes) is 8. The Bertz CT molecular complexity index is 509. The van der Waals surface area contributed by atoms with Crippen molar-refractivity contribution in [2.24, 2.45) is 0 Å². The number of allylic oxidation sites excluding steroid dienone is 2. The molecule has 0 aliphatic heterocycles. The minimum atomic E-state index is -1.01. The lowest BCUT2D eigenvalue weighted by Gasteiger charge is -2.24. The number of carbonyl (C=O) groups is 3. The van der Waals surface area contributed by atoms with Crippen molar-refractivity contribution in [3.63, 3.8) is 0 Å². The molecule has 0 rings (SSSR count). The molecule has 0 saturated heterocycles. The van der Waals surface area contributed by atoms with Gasteiger partial charge in [-0.25, -0.2) is 4.79 Å². The second-order valence-electron chi connectivity index (χ2n) is 7.92. The van der Waals surface area contributed by atoms with Gasteiger partial charge in [-0.15, -0.1) is 0 Å². The Kier molecular flexibility index (Phi) is 17.7. The van der Waals surface area contributed by atoms with Gasteiger partial charge in [0.25, 0.3) is 0 Å². The van der Waals surface area contributed by atoms with Crippen LogP contribution in [0.1, 0.15) is 84.0 Å². The van der Waals surface area contributed by atoms with E-state index in [1.807, 2.05) is 23.9 Å². The molecule has 7 nitrogen and oxygen atoms in total. The number of hydrogen-bond donors (Lipinski definition) is 2. The average molecular weight is 426 g/mol. The predicted molar refractivity (Wildman–Crippen MR) is 122 cm³/mol. The van der Waals surface area contributed by atoms with E-state index in [1.54, 1.807) is 0 Å². The van der Waals surface area contributed by atoms with Crippen LogP contribution in [-0.2, 0) is 9.59 Å². The Balaban J connectivity index is 3.55. The molecule has 174 valence electrons. The van der Waals surface area contributed by atoms with Crippen LogP contribution in [0.15, 0.2) is 12.2 Å². The molecule has 3 amide bonds. The third-order valence-corrected chi connectivity index (χ3v) is 4.99. The molecule has 0 aromatic rings. The first-order valence-electron chi connectivity index (χ1n) is 11.5. The van der Waals surface area contributed by atoms with Crippen molar-refractivity contribution < 1.29 is 19.5 Å². The second-order valence-corrected chi connectivity index (χ2v) is 7.92. The van der Waals surface area contributed by atoms with Gasteiger partial charge in [-0.3, -0.25) is 9.59 Å². The number of urea groups is 1. The van der Waals surface area contributed by atoms with Gasteiger partial charge < -0.3 is 20.2 Å². The number of carboxylic acid groups (broad SMARTS) is 1. The van der Waals surface area contributed by atoms with Gasteiger partial charge in [-0.05, 0) is 44.9 Å². The summed E-state index contributed by atoms with van der Waals surface area (Å²) in [6.45, 7) is 3.49. The molecule has 0 aromatic heterocycles. The number of aliphatic carboxylic acids is 1. The molecule has 30 heavy (non-hydrogen) atoms. The summed E-state index contributed by atoms with van der Waals surface area (Å²) in [5.41, 5.74) is 0. The molecule has 0 radical (unpaired) electrons. The summed E-state index contributed by atoms with van der Waals surface area (Å²) in [6.07, 6.45) is 16.4. The second kappa shape index (κ2) is 18.9. The van der Waals surface area contributed by atoms with E-state index in [-0.39, 0.29) is 18.5 Å². The van der Waals surface area contributed by atoms with Crippen LogP contribution in [0, 0.1) is 0 Å². The summed E-state index contributed by atoms with van der Waals surface area (Å²) >= 11 is 0. The number of hydrogen-bond acceptors (Lipinski definition) is 3. The molecule has 0 aliphatic rings. The van der Waals surface area contributed by atoms with Gasteiger partial charge in [0.1, 0.15) is 6.54 Å². The summed E-state index contributed by atoms with van der Waals surface area (Å²) in [4.78, 5) is 37.6.